The smallest absolute Gasteiger partial charge is 0.344 e. The highest BCUT2D eigenvalue weighted by Crippen LogP contribution is 2.30. The number of amides is 2. The van der Waals surface area contributed by atoms with Crippen molar-refractivity contribution >= 4 is 27.4 Å². The maximum atomic E-state index is 12.9. The minimum Gasteiger partial charge on any atom is -0.344 e. The summed E-state index contributed by atoms with van der Waals surface area (Å²) in [5.74, 6) is -1.19. The number of rotatable bonds is 4. The van der Waals surface area contributed by atoms with Crippen LogP contribution < -0.4 is 5.32 Å². The van der Waals surface area contributed by atoms with Gasteiger partial charge in [0.2, 0.25) is 5.91 Å². The number of nitrogens with zero attached hydrogens (tertiary/aromatic N) is 2. The molecule has 0 aliphatic carbocycles. The summed E-state index contributed by atoms with van der Waals surface area (Å²) < 4.78 is 62.0. The van der Waals surface area contributed by atoms with Crippen molar-refractivity contribution < 1.29 is 31.2 Å². The van der Waals surface area contributed by atoms with Crippen LogP contribution in [0.5, 0.6) is 0 Å². The standard InChI is InChI=1S/C18H20F3N3O4S/c1-11(12-3-2-4-13(9-12)18(19,20)21)22-17(26)15-5-6-16(25)24(23-15)14-7-8-29(27,28)10-14/h2-4,9,11,14H,5-8,10H2,1H3,(H,22,26)/t11-,14-/m0/s1. The number of benzene rings is 1. The minimum atomic E-state index is -4.49. The summed E-state index contributed by atoms with van der Waals surface area (Å²) >= 11 is 0. The third-order valence-electron chi connectivity index (χ3n) is 4.94. The lowest BCUT2D eigenvalue weighted by Gasteiger charge is -2.28. The second kappa shape index (κ2) is 7.77. The van der Waals surface area contributed by atoms with Crippen molar-refractivity contribution in [3.63, 3.8) is 0 Å². The number of carbonyl (C=O) groups is 2. The Hall–Kier alpha value is -2.43. The first kappa shape index (κ1) is 21.3. The fourth-order valence-electron chi connectivity index (χ4n) is 3.34. The normalized spacial score (nSPS) is 22.9. The van der Waals surface area contributed by atoms with Crippen molar-refractivity contribution in [2.45, 2.75) is 44.4 Å². The number of sulfone groups is 1. The minimum absolute atomic E-state index is 0.0146. The van der Waals surface area contributed by atoms with Gasteiger partial charge in [0.1, 0.15) is 5.71 Å². The molecular weight excluding hydrogens is 411 g/mol. The molecule has 0 unspecified atom stereocenters. The molecule has 2 atom stereocenters. The molecule has 2 heterocycles. The summed E-state index contributed by atoms with van der Waals surface area (Å²) in [7, 11) is -3.23. The van der Waals surface area contributed by atoms with E-state index in [4.69, 9.17) is 0 Å². The Bertz CT molecular complexity index is 959. The average molecular weight is 431 g/mol. The van der Waals surface area contributed by atoms with Crippen LogP contribution in [0.4, 0.5) is 13.2 Å². The number of nitrogens with one attached hydrogen (secondary N) is 1. The molecule has 1 fully saturated rings. The van der Waals surface area contributed by atoms with Gasteiger partial charge in [-0.2, -0.15) is 18.3 Å². The predicted molar refractivity (Wildman–Crippen MR) is 98.6 cm³/mol. The van der Waals surface area contributed by atoms with E-state index in [9.17, 15) is 31.2 Å². The van der Waals surface area contributed by atoms with E-state index in [2.05, 4.69) is 10.4 Å². The highest BCUT2D eigenvalue weighted by atomic mass is 32.2. The van der Waals surface area contributed by atoms with Gasteiger partial charge in [-0.1, -0.05) is 12.1 Å². The number of hydrazone groups is 1. The summed E-state index contributed by atoms with van der Waals surface area (Å²) in [4.78, 5) is 24.7. The van der Waals surface area contributed by atoms with E-state index in [-0.39, 0.29) is 48.0 Å². The highest BCUT2D eigenvalue weighted by Gasteiger charge is 2.37. The Kier molecular flexibility index (Phi) is 5.70. The molecule has 1 aromatic rings. The van der Waals surface area contributed by atoms with E-state index in [1.807, 2.05) is 0 Å². The molecule has 2 amide bonds. The molecule has 0 bridgehead atoms. The quantitative estimate of drug-likeness (QED) is 0.789. The SMILES string of the molecule is C[C@H](NC(=O)C1=NN([C@H]2CCS(=O)(=O)C2)C(=O)CC1)c1cccc(C(F)(F)F)c1. The molecule has 29 heavy (non-hydrogen) atoms. The topological polar surface area (TPSA) is 95.9 Å². The first-order chi connectivity index (χ1) is 13.5. The monoisotopic (exact) mass is 431 g/mol. The van der Waals surface area contributed by atoms with Gasteiger partial charge in [-0.3, -0.25) is 9.59 Å². The van der Waals surface area contributed by atoms with Crippen LogP contribution in [0.15, 0.2) is 29.4 Å². The fraction of sp³-hybridized carbons (Fsp3) is 0.500. The van der Waals surface area contributed by atoms with Gasteiger partial charge in [-0.25, -0.2) is 13.4 Å². The Morgan fingerprint density at radius 1 is 1.31 bits per heavy atom. The van der Waals surface area contributed by atoms with Crippen molar-refractivity contribution in [1.29, 1.82) is 0 Å². The zero-order chi connectivity index (χ0) is 21.4. The predicted octanol–water partition coefficient (Wildman–Crippen LogP) is 2.05. The summed E-state index contributed by atoms with van der Waals surface area (Å²) in [6.07, 6.45) is -4.14. The van der Waals surface area contributed by atoms with E-state index in [1.165, 1.54) is 12.1 Å². The van der Waals surface area contributed by atoms with E-state index in [1.54, 1.807) is 6.92 Å². The summed E-state index contributed by atoms with van der Waals surface area (Å²) in [5, 5.41) is 7.72. The number of halogens is 3. The molecule has 1 aromatic carbocycles. The molecular formula is C18H20F3N3O4S. The lowest BCUT2D eigenvalue weighted by molar-refractivity contribution is -0.137. The molecule has 0 radical (unpaired) electrons. The summed E-state index contributed by atoms with van der Waals surface area (Å²) in [6, 6.07) is 3.33. The zero-order valence-corrected chi connectivity index (χ0v) is 16.4. The van der Waals surface area contributed by atoms with Gasteiger partial charge in [0.25, 0.3) is 5.91 Å². The van der Waals surface area contributed by atoms with Crippen LogP contribution in [0, 0.1) is 0 Å². The molecule has 3 rings (SSSR count). The van der Waals surface area contributed by atoms with Crippen LogP contribution in [0.3, 0.4) is 0 Å². The van der Waals surface area contributed by atoms with Gasteiger partial charge >= 0.3 is 6.18 Å². The second-order valence-electron chi connectivity index (χ2n) is 7.16. The first-order valence-corrected chi connectivity index (χ1v) is 10.9. The number of carbonyl (C=O) groups excluding carboxylic acids is 2. The van der Waals surface area contributed by atoms with Crippen LogP contribution in [-0.2, 0) is 25.6 Å². The molecule has 158 valence electrons. The van der Waals surface area contributed by atoms with Crippen LogP contribution in [0.1, 0.15) is 43.4 Å². The Morgan fingerprint density at radius 3 is 2.66 bits per heavy atom. The molecule has 1 saturated heterocycles. The van der Waals surface area contributed by atoms with Gasteiger partial charge in [-0.05, 0) is 31.0 Å². The fourth-order valence-corrected chi connectivity index (χ4v) is 5.03. The van der Waals surface area contributed by atoms with E-state index >= 15 is 0 Å². The lowest BCUT2D eigenvalue weighted by atomic mass is 10.0. The second-order valence-corrected chi connectivity index (χ2v) is 9.39. The third kappa shape index (κ3) is 4.95. The molecule has 1 N–H and O–H groups in total. The Morgan fingerprint density at radius 2 is 2.03 bits per heavy atom. The van der Waals surface area contributed by atoms with Crippen LogP contribution >= 0.6 is 0 Å². The average Bonchev–Trinajstić information content (AvgIpc) is 3.01. The van der Waals surface area contributed by atoms with E-state index < -0.39 is 39.6 Å². The van der Waals surface area contributed by atoms with Crippen LogP contribution in [-0.4, -0.2) is 48.5 Å². The van der Waals surface area contributed by atoms with E-state index in [0.717, 1.165) is 17.1 Å². The molecule has 0 saturated carbocycles. The molecule has 0 spiro atoms. The van der Waals surface area contributed by atoms with Crippen molar-refractivity contribution in [3.05, 3.63) is 35.4 Å². The Labute approximate surface area is 165 Å². The zero-order valence-electron chi connectivity index (χ0n) is 15.6. The first-order valence-electron chi connectivity index (χ1n) is 9.04. The molecule has 2 aliphatic rings. The van der Waals surface area contributed by atoms with Gasteiger partial charge in [0.05, 0.1) is 29.2 Å². The van der Waals surface area contributed by atoms with Gasteiger partial charge < -0.3 is 5.32 Å². The van der Waals surface area contributed by atoms with Crippen molar-refractivity contribution in [2.75, 3.05) is 11.5 Å². The number of hydrogen-bond donors (Lipinski definition) is 1. The van der Waals surface area contributed by atoms with Crippen molar-refractivity contribution in [3.8, 4) is 0 Å². The van der Waals surface area contributed by atoms with E-state index in [0.29, 0.717) is 0 Å². The third-order valence-corrected chi connectivity index (χ3v) is 6.69. The van der Waals surface area contributed by atoms with Crippen LogP contribution in [0.2, 0.25) is 0 Å². The maximum Gasteiger partial charge on any atom is 0.416 e. The highest BCUT2D eigenvalue weighted by molar-refractivity contribution is 7.91. The molecule has 11 heteroatoms. The maximum absolute atomic E-state index is 12.9. The molecule has 7 nitrogen and oxygen atoms in total. The molecule has 0 aromatic heterocycles. The number of alkyl halides is 3. The Balaban J connectivity index is 1.73. The van der Waals surface area contributed by atoms with Gasteiger partial charge in [0.15, 0.2) is 9.84 Å². The van der Waals surface area contributed by atoms with Gasteiger partial charge in [-0.15, -0.1) is 0 Å². The molecule has 2 aliphatic heterocycles. The largest absolute Gasteiger partial charge is 0.416 e. The summed E-state index contributed by atoms with van der Waals surface area (Å²) in [5.41, 5.74) is -0.488. The number of hydrogen-bond acceptors (Lipinski definition) is 5. The van der Waals surface area contributed by atoms with Gasteiger partial charge in [0, 0.05) is 12.8 Å². The summed E-state index contributed by atoms with van der Waals surface area (Å²) in [6.45, 7) is 1.54. The van der Waals surface area contributed by atoms with Crippen molar-refractivity contribution in [1.82, 2.24) is 10.3 Å². The van der Waals surface area contributed by atoms with Crippen LogP contribution in [0.25, 0.3) is 0 Å². The lowest BCUT2D eigenvalue weighted by Crippen LogP contribution is -2.44. The van der Waals surface area contributed by atoms with Crippen molar-refractivity contribution in [2.24, 2.45) is 5.10 Å².